The number of hydrogen-bond acceptors (Lipinski definition) is 3. The summed E-state index contributed by atoms with van der Waals surface area (Å²) in [7, 11) is 1.57. The molecule has 0 aliphatic heterocycles. The van der Waals surface area contributed by atoms with Gasteiger partial charge in [0.2, 0.25) is 11.6 Å². The van der Waals surface area contributed by atoms with Gasteiger partial charge in [-0.2, -0.15) is 0 Å². The first kappa shape index (κ1) is 15.7. The number of rotatable bonds is 5. The topological polar surface area (TPSA) is 43.4 Å². The number of hydrogen-bond donors (Lipinski definition) is 0. The van der Waals surface area contributed by atoms with E-state index in [9.17, 15) is 9.59 Å². The molecule has 0 saturated carbocycles. The molecule has 3 nitrogen and oxygen atoms in total. The van der Waals surface area contributed by atoms with Crippen molar-refractivity contribution < 1.29 is 14.3 Å². The number of carbonyl (C=O) groups is 2. The first-order chi connectivity index (χ1) is 10.0. The quantitative estimate of drug-likeness (QED) is 0.451. The van der Waals surface area contributed by atoms with Gasteiger partial charge >= 0.3 is 0 Å². The molecule has 0 amide bonds. The van der Waals surface area contributed by atoms with Gasteiger partial charge in [-0.1, -0.05) is 39.7 Å². The van der Waals surface area contributed by atoms with E-state index in [1.54, 1.807) is 43.5 Å². The van der Waals surface area contributed by atoms with Crippen molar-refractivity contribution in [3.05, 3.63) is 64.7 Å². The first-order valence-corrected chi connectivity index (χ1v) is 7.44. The number of alkyl halides is 1. The molecule has 0 saturated heterocycles. The molecule has 1 atom stereocenters. The van der Waals surface area contributed by atoms with E-state index in [0.717, 1.165) is 0 Å². The van der Waals surface area contributed by atoms with Gasteiger partial charge in [-0.15, -0.1) is 0 Å². The fraction of sp³-hybridized carbons (Fsp3) is 0.125. The van der Waals surface area contributed by atoms with Crippen LogP contribution in [0.3, 0.4) is 0 Å². The van der Waals surface area contributed by atoms with E-state index in [0.29, 0.717) is 21.9 Å². The molecule has 2 rings (SSSR count). The van der Waals surface area contributed by atoms with E-state index in [1.165, 1.54) is 12.1 Å². The maximum Gasteiger partial charge on any atom is 0.230 e. The summed E-state index contributed by atoms with van der Waals surface area (Å²) in [6.07, 6.45) is 0. The molecule has 0 heterocycles. The minimum atomic E-state index is -0.688. The van der Waals surface area contributed by atoms with Crippen LogP contribution in [0.5, 0.6) is 5.75 Å². The number of ether oxygens (including phenoxy) is 1. The van der Waals surface area contributed by atoms with Crippen LogP contribution in [0.4, 0.5) is 0 Å². The van der Waals surface area contributed by atoms with E-state index in [-0.39, 0.29) is 0 Å². The Morgan fingerprint density at radius 1 is 1.05 bits per heavy atom. The number of halogens is 2. The number of ketones is 2. The summed E-state index contributed by atoms with van der Waals surface area (Å²) in [6.45, 7) is 0. The smallest absolute Gasteiger partial charge is 0.230 e. The van der Waals surface area contributed by atoms with Crippen molar-refractivity contribution in [2.45, 2.75) is 4.83 Å². The molecule has 0 bridgehead atoms. The number of methoxy groups -OCH3 is 1. The minimum Gasteiger partial charge on any atom is -0.497 e. The molecule has 0 N–H and O–H groups in total. The van der Waals surface area contributed by atoms with Gasteiger partial charge in [0.15, 0.2) is 0 Å². The van der Waals surface area contributed by atoms with Crippen molar-refractivity contribution in [3.8, 4) is 5.75 Å². The first-order valence-electron chi connectivity index (χ1n) is 6.15. The third-order valence-electron chi connectivity index (χ3n) is 2.97. The molecule has 0 fully saturated rings. The molecule has 0 aromatic heterocycles. The maximum absolute atomic E-state index is 12.2. The summed E-state index contributed by atoms with van der Waals surface area (Å²) < 4.78 is 5.06. The van der Waals surface area contributed by atoms with Gasteiger partial charge < -0.3 is 4.74 Å². The number of benzene rings is 2. The highest BCUT2D eigenvalue weighted by Crippen LogP contribution is 2.27. The second-order valence-corrected chi connectivity index (χ2v) is 5.69. The Labute approximate surface area is 136 Å². The van der Waals surface area contributed by atoms with Crippen LogP contribution in [0.15, 0.2) is 48.5 Å². The Balaban J connectivity index is 2.17. The minimum absolute atomic E-state index is 0.322. The molecule has 0 spiro atoms. The van der Waals surface area contributed by atoms with Gasteiger partial charge in [0.1, 0.15) is 10.6 Å². The molecule has 2 aromatic carbocycles. The fourth-order valence-electron chi connectivity index (χ4n) is 1.78. The number of carbonyl (C=O) groups excluding carboxylic acids is 2. The summed E-state index contributed by atoms with van der Waals surface area (Å²) in [4.78, 5) is 23.7. The zero-order valence-electron chi connectivity index (χ0n) is 11.2. The van der Waals surface area contributed by atoms with Crippen LogP contribution in [0.1, 0.15) is 20.7 Å². The molecule has 0 aliphatic carbocycles. The van der Waals surface area contributed by atoms with Crippen molar-refractivity contribution in [3.63, 3.8) is 0 Å². The summed E-state index contributed by atoms with van der Waals surface area (Å²) in [5, 5.41) is 0.518. The van der Waals surface area contributed by atoms with Crippen LogP contribution in [0.2, 0.25) is 5.02 Å². The van der Waals surface area contributed by atoms with Gasteiger partial charge in [-0.05, 0) is 42.0 Å². The van der Waals surface area contributed by atoms with Gasteiger partial charge in [0.25, 0.3) is 0 Å². The second kappa shape index (κ2) is 6.87. The van der Waals surface area contributed by atoms with Crippen molar-refractivity contribution in [2.75, 3.05) is 7.11 Å². The van der Waals surface area contributed by atoms with Crippen molar-refractivity contribution in [1.29, 1.82) is 0 Å². The van der Waals surface area contributed by atoms with E-state index in [1.807, 2.05) is 0 Å². The summed E-state index contributed by atoms with van der Waals surface area (Å²) in [6, 6.07) is 13.2. The summed E-state index contributed by atoms with van der Waals surface area (Å²) >= 11 is 9.04. The lowest BCUT2D eigenvalue weighted by molar-refractivity contribution is -0.114. The predicted molar refractivity (Wildman–Crippen MR) is 85.5 cm³/mol. The van der Waals surface area contributed by atoms with Crippen LogP contribution in [0, 0.1) is 0 Å². The van der Waals surface area contributed by atoms with Gasteiger partial charge in [0.05, 0.1) is 7.11 Å². The third-order valence-corrected chi connectivity index (χ3v) is 4.17. The molecule has 1 unspecified atom stereocenters. The van der Waals surface area contributed by atoms with E-state index in [4.69, 9.17) is 16.3 Å². The van der Waals surface area contributed by atoms with Crippen molar-refractivity contribution in [2.24, 2.45) is 0 Å². The predicted octanol–water partition coefficient (Wildman–Crippen LogP) is 4.24. The normalized spacial score (nSPS) is 11.8. The Bertz CT molecular complexity index is 650. The fourth-order valence-corrected chi connectivity index (χ4v) is 2.42. The van der Waals surface area contributed by atoms with Gasteiger partial charge in [-0.3, -0.25) is 9.59 Å². The summed E-state index contributed by atoms with van der Waals surface area (Å²) in [5.74, 6) is -0.387. The van der Waals surface area contributed by atoms with Gasteiger partial charge in [-0.25, -0.2) is 0 Å². The average molecular weight is 368 g/mol. The molecule has 2 aromatic rings. The molecule has 5 heteroatoms. The van der Waals surface area contributed by atoms with E-state index in [2.05, 4.69) is 15.9 Å². The number of Topliss-reactive ketones (excluding diaryl/α,β-unsaturated/α-hetero) is 2. The highest BCUT2D eigenvalue weighted by Gasteiger charge is 2.25. The largest absolute Gasteiger partial charge is 0.497 e. The molecular weight excluding hydrogens is 356 g/mol. The zero-order valence-corrected chi connectivity index (χ0v) is 13.5. The third kappa shape index (κ3) is 3.71. The lowest BCUT2D eigenvalue weighted by Crippen LogP contribution is -2.18. The lowest BCUT2D eigenvalue weighted by atomic mass is 10.0. The molecule has 0 aliphatic rings. The van der Waals surface area contributed by atoms with Crippen LogP contribution < -0.4 is 4.74 Å². The second-order valence-electron chi connectivity index (χ2n) is 4.34. The Morgan fingerprint density at radius 2 is 1.62 bits per heavy atom. The van der Waals surface area contributed by atoms with Crippen LogP contribution in [0.25, 0.3) is 0 Å². The maximum atomic E-state index is 12.2. The van der Waals surface area contributed by atoms with Crippen LogP contribution >= 0.6 is 27.5 Å². The van der Waals surface area contributed by atoms with E-state index >= 15 is 0 Å². The van der Waals surface area contributed by atoms with Gasteiger partial charge in [0, 0.05) is 10.6 Å². The zero-order chi connectivity index (χ0) is 15.4. The Kier molecular flexibility index (Phi) is 5.15. The van der Waals surface area contributed by atoms with Crippen molar-refractivity contribution >= 4 is 39.1 Å². The molecular formula is C16H12BrClO3. The molecule has 0 radical (unpaired) electrons. The SMILES string of the molecule is COc1ccc(C(Br)C(=O)C(=O)c2ccc(Cl)cc2)cc1. The Hall–Kier alpha value is -1.65. The Morgan fingerprint density at radius 3 is 2.14 bits per heavy atom. The van der Waals surface area contributed by atoms with Crippen molar-refractivity contribution in [1.82, 2.24) is 0 Å². The molecule has 108 valence electrons. The average Bonchev–Trinajstić information content (AvgIpc) is 2.53. The van der Waals surface area contributed by atoms with Crippen LogP contribution in [-0.2, 0) is 4.79 Å². The van der Waals surface area contributed by atoms with E-state index < -0.39 is 16.4 Å². The summed E-state index contributed by atoms with van der Waals surface area (Å²) in [5.41, 5.74) is 1.02. The highest BCUT2D eigenvalue weighted by atomic mass is 79.9. The monoisotopic (exact) mass is 366 g/mol. The molecule has 21 heavy (non-hydrogen) atoms. The standard InChI is InChI=1S/C16H12BrClO3/c1-21-13-8-4-10(5-9-13)14(17)16(20)15(19)11-2-6-12(18)7-3-11/h2-9,14H,1H3. The highest BCUT2D eigenvalue weighted by molar-refractivity contribution is 9.09. The lowest BCUT2D eigenvalue weighted by Gasteiger charge is -2.09. The van der Waals surface area contributed by atoms with Crippen LogP contribution in [-0.4, -0.2) is 18.7 Å².